The molecule has 0 aliphatic heterocycles. The SMILES string of the molecule is C=CC(=C)C1C=CCC1. The van der Waals surface area contributed by atoms with Gasteiger partial charge in [-0.25, -0.2) is 0 Å². The van der Waals surface area contributed by atoms with E-state index >= 15 is 0 Å². The molecule has 0 aromatic heterocycles. The van der Waals surface area contributed by atoms with Crippen molar-refractivity contribution in [3.8, 4) is 0 Å². The average molecular weight is 120 g/mol. The van der Waals surface area contributed by atoms with Gasteiger partial charge in [-0.15, -0.1) is 0 Å². The van der Waals surface area contributed by atoms with Crippen LogP contribution < -0.4 is 0 Å². The van der Waals surface area contributed by atoms with Crippen LogP contribution in [0.25, 0.3) is 0 Å². The van der Waals surface area contributed by atoms with Crippen LogP contribution in [0, 0.1) is 5.92 Å². The lowest BCUT2D eigenvalue weighted by atomic mass is 10.0. The number of rotatable bonds is 2. The molecule has 1 atom stereocenters. The van der Waals surface area contributed by atoms with E-state index in [4.69, 9.17) is 0 Å². The zero-order valence-electron chi connectivity index (χ0n) is 5.64. The molecule has 0 heteroatoms. The second-order valence-corrected chi connectivity index (χ2v) is 2.39. The Balaban J connectivity index is 2.52. The van der Waals surface area contributed by atoms with Crippen molar-refractivity contribution in [2.24, 2.45) is 5.92 Å². The van der Waals surface area contributed by atoms with Crippen molar-refractivity contribution in [1.29, 1.82) is 0 Å². The number of allylic oxidation sites excluding steroid dienone is 4. The maximum absolute atomic E-state index is 3.89. The molecule has 0 nitrogen and oxygen atoms in total. The van der Waals surface area contributed by atoms with Gasteiger partial charge in [0.25, 0.3) is 0 Å². The summed E-state index contributed by atoms with van der Waals surface area (Å²) in [4.78, 5) is 0. The van der Waals surface area contributed by atoms with Crippen LogP contribution in [0.4, 0.5) is 0 Å². The molecule has 1 rings (SSSR count). The Bertz CT molecular complexity index is 151. The summed E-state index contributed by atoms with van der Waals surface area (Å²) < 4.78 is 0. The molecule has 0 N–H and O–H groups in total. The van der Waals surface area contributed by atoms with E-state index in [1.165, 1.54) is 12.8 Å². The van der Waals surface area contributed by atoms with Crippen LogP contribution in [0.2, 0.25) is 0 Å². The molecule has 0 aromatic rings. The summed E-state index contributed by atoms with van der Waals surface area (Å²) in [6.07, 6.45) is 8.70. The van der Waals surface area contributed by atoms with Crippen molar-refractivity contribution in [3.05, 3.63) is 37.0 Å². The fourth-order valence-corrected chi connectivity index (χ4v) is 1.09. The predicted octanol–water partition coefficient (Wildman–Crippen LogP) is 2.69. The van der Waals surface area contributed by atoms with Crippen LogP contribution in [0.3, 0.4) is 0 Å². The van der Waals surface area contributed by atoms with E-state index < -0.39 is 0 Å². The Labute approximate surface area is 56.6 Å². The first-order valence-corrected chi connectivity index (χ1v) is 3.32. The van der Waals surface area contributed by atoms with Gasteiger partial charge in [0.1, 0.15) is 0 Å². The fourth-order valence-electron chi connectivity index (χ4n) is 1.09. The highest BCUT2D eigenvalue weighted by Crippen LogP contribution is 2.23. The van der Waals surface area contributed by atoms with Crippen LogP contribution in [-0.2, 0) is 0 Å². The smallest absolute Gasteiger partial charge is 0.00148 e. The molecule has 0 saturated heterocycles. The van der Waals surface area contributed by atoms with Crippen LogP contribution >= 0.6 is 0 Å². The standard InChI is InChI=1S/C9H12/c1-3-8(2)9-6-4-5-7-9/h3-4,6,9H,1-2,5,7H2. The molecule has 0 fully saturated rings. The molecule has 1 aliphatic carbocycles. The molecule has 1 unspecified atom stereocenters. The van der Waals surface area contributed by atoms with Gasteiger partial charge >= 0.3 is 0 Å². The lowest BCUT2D eigenvalue weighted by Gasteiger charge is -2.04. The Kier molecular flexibility index (Phi) is 1.88. The summed E-state index contributed by atoms with van der Waals surface area (Å²) in [5.74, 6) is 0.586. The van der Waals surface area contributed by atoms with Crippen molar-refractivity contribution >= 4 is 0 Å². The quantitative estimate of drug-likeness (QED) is 0.388. The first kappa shape index (κ1) is 6.34. The Morgan fingerprint density at radius 1 is 1.67 bits per heavy atom. The van der Waals surface area contributed by atoms with E-state index in [9.17, 15) is 0 Å². The zero-order chi connectivity index (χ0) is 6.69. The molecule has 0 radical (unpaired) electrons. The van der Waals surface area contributed by atoms with E-state index in [-0.39, 0.29) is 0 Å². The molecular formula is C9H12. The average Bonchev–Trinajstić information content (AvgIpc) is 2.37. The zero-order valence-corrected chi connectivity index (χ0v) is 5.64. The molecule has 1 aliphatic rings. The van der Waals surface area contributed by atoms with Crippen molar-refractivity contribution < 1.29 is 0 Å². The summed E-state index contributed by atoms with van der Waals surface area (Å²) in [5.41, 5.74) is 1.16. The maximum atomic E-state index is 3.89. The van der Waals surface area contributed by atoms with Gasteiger partial charge in [0.2, 0.25) is 0 Å². The number of hydrogen-bond donors (Lipinski definition) is 0. The van der Waals surface area contributed by atoms with Gasteiger partial charge < -0.3 is 0 Å². The molecule has 48 valence electrons. The third-order valence-corrected chi connectivity index (χ3v) is 1.75. The molecule has 0 spiro atoms. The number of hydrogen-bond acceptors (Lipinski definition) is 0. The lowest BCUT2D eigenvalue weighted by molar-refractivity contribution is 0.747. The highest BCUT2D eigenvalue weighted by atomic mass is 14.1. The van der Waals surface area contributed by atoms with Crippen molar-refractivity contribution in [2.45, 2.75) is 12.8 Å². The van der Waals surface area contributed by atoms with Gasteiger partial charge in [-0.3, -0.25) is 0 Å². The van der Waals surface area contributed by atoms with Crippen molar-refractivity contribution in [2.75, 3.05) is 0 Å². The molecular weight excluding hydrogens is 108 g/mol. The Hall–Kier alpha value is -0.780. The second kappa shape index (κ2) is 2.67. The molecule has 0 heterocycles. The van der Waals surface area contributed by atoms with Gasteiger partial charge in [0, 0.05) is 5.92 Å². The third-order valence-electron chi connectivity index (χ3n) is 1.75. The van der Waals surface area contributed by atoms with Crippen LogP contribution in [0.5, 0.6) is 0 Å². The largest absolute Gasteiger partial charge is 0.0988 e. The highest BCUT2D eigenvalue weighted by Gasteiger charge is 2.08. The Morgan fingerprint density at radius 3 is 2.89 bits per heavy atom. The third kappa shape index (κ3) is 1.32. The topological polar surface area (TPSA) is 0 Å². The normalized spacial score (nSPS) is 24.2. The van der Waals surface area contributed by atoms with E-state index in [0.717, 1.165) is 5.57 Å². The van der Waals surface area contributed by atoms with Crippen LogP contribution in [0.1, 0.15) is 12.8 Å². The van der Waals surface area contributed by atoms with Gasteiger partial charge in [-0.1, -0.05) is 31.4 Å². The van der Waals surface area contributed by atoms with E-state index in [1.807, 2.05) is 6.08 Å². The molecule has 0 saturated carbocycles. The minimum Gasteiger partial charge on any atom is -0.0988 e. The van der Waals surface area contributed by atoms with Crippen molar-refractivity contribution in [3.63, 3.8) is 0 Å². The fraction of sp³-hybridized carbons (Fsp3) is 0.333. The monoisotopic (exact) mass is 120 g/mol. The summed E-state index contributed by atoms with van der Waals surface area (Å²) >= 11 is 0. The van der Waals surface area contributed by atoms with Gasteiger partial charge in [0.15, 0.2) is 0 Å². The minimum absolute atomic E-state index is 0.586. The molecule has 0 amide bonds. The van der Waals surface area contributed by atoms with Crippen LogP contribution in [-0.4, -0.2) is 0 Å². The first-order valence-electron chi connectivity index (χ1n) is 3.32. The van der Waals surface area contributed by atoms with Gasteiger partial charge in [-0.2, -0.15) is 0 Å². The summed E-state index contributed by atoms with van der Waals surface area (Å²) in [6.45, 7) is 7.56. The molecule has 0 bridgehead atoms. The van der Waals surface area contributed by atoms with E-state index in [2.05, 4.69) is 25.3 Å². The predicted molar refractivity (Wildman–Crippen MR) is 41.2 cm³/mol. The molecule has 0 aromatic carbocycles. The summed E-state index contributed by atoms with van der Waals surface area (Å²) in [7, 11) is 0. The highest BCUT2D eigenvalue weighted by molar-refractivity contribution is 5.22. The van der Waals surface area contributed by atoms with Gasteiger partial charge in [-0.05, 0) is 18.4 Å². The molecule has 9 heavy (non-hydrogen) atoms. The summed E-state index contributed by atoms with van der Waals surface area (Å²) in [6, 6.07) is 0. The first-order chi connectivity index (χ1) is 4.34. The van der Waals surface area contributed by atoms with Gasteiger partial charge in [0.05, 0.1) is 0 Å². The summed E-state index contributed by atoms with van der Waals surface area (Å²) in [5, 5.41) is 0. The lowest BCUT2D eigenvalue weighted by Crippen LogP contribution is -1.91. The Morgan fingerprint density at radius 2 is 2.44 bits per heavy atom. The van der Waals surface area contributed by atoms with Crippen molar-refractivity contribution in [1.82, 2.24) is 0 Å². The maximum Gasteiger partial charge on any atom is 0.00148 e. The van der Waals surface area contributed by atoms with E-state index in [0.29, 0.717) is 5.92 Å². The second-order valence-electron chi connectivity index (χ2n) is 2.39. The minimum atomic E-state index is 0.586. The van der Waals surface area contributed by atoms with Crippen LogP contribution in [0.15, 0.2) is 37.0 Å². The van der Waals surface area contributed by atoms with E-state index in [1.54, 1.807) is 0 Å².